The minimum absolute atomic E-state index is 0.0112. The van der Waals surface area contributed by atoms with Crippen molar-refractivity contribution >= 4 is 17.3 Å². The van der Waals surface area contributed by atoms with Gasteiger partial charge in [0, 0.05) is 12.1 Å². The molecular formula is C8H5ClFN5O2. The molecule has 0 bridgehead atoms. The maximum atomic E-state index is 13.2. The lowest BCUT2D eigenvalue weighted by atomic mass is 10.2. The number of hydrogen-bond donors (Lipinski definition) is 0. The minimum atomic E-state index is -0.745. The van der Waals surface area contributed by atoms with Crippen LogP contribution in [0.1, 0.15) is 5.82 Å². The van der Waals surface area contributed by atoms with Crippen LogP contribution in [0.15, 0.2) is 18.2 Å². The zero-order valence-corrected chi connectivity index (χ0v) is 9.00. The van der Waals surface area contributed by atoms with Crippen molar-refractivity contribution in [3.8, 4) is 5.69 Å². The smallest absolute Gasteiger partial charge is 0.258 e. The van der Waals surface area contributed by atoms with Gasteiger partial charge in [-0.25, -0.2) is 4.39 Å². The maximum absolute atomic E-state index is 13.2. The van der Waals surface area contributed by atoms with Crippen molar-refractivity contribution in [2.45, 2.75) is 5.88 Å². The number of aromatic nitrogens is 4. The van der Waals surface area contributed by atoms with Crippen LogP contribution >= 0.6 is 11.6 Å². The summed E-state index contributed by atoms with van der Waals surface area (Å²) in [5, 5.41) is 21.1. The Kier molecular flexibility index (Phi) is 2.96. The maximum Gasteiger partial charge on any atom is 0.274 e. The molecule has 0 spiro atoms. The van der Waals surface area contributed by atoms with Gasteiger partial charge in [-0.15, -0.1) is 16.7 Å². The number of hydrogen-bond acceptors (Lipinski definition) is 5. The molecule has 0 aliphatic rings. The Morgan fingerprint density at radius 1 is 1.47 bits per heavy atom. The van der Waals surface area contributed by atoms with Crippen LogP contribution in [0.3, 0.4) is 0 Å². The van der Waals surface area contributed by atoms with E-state index in [1.807, 2.05) is 0 Å². The number of nitro benzene ring substituents is 1. The summed E-state index contributed by atoms with van der Waals surface area (Å²) in [5.74, 6) is -0.464. The van der Waals surface area contributed by atoms with E-state index in [4.69, 9.17) is 11.6 Å². The molecule has 0 amide bonds. The van der Waals surface area contributed by atoms with Gasteiger partial charge in [0.05, 0.1) is 22.6 Å². The molecule has 7 nitrogen and oxygen atoms in total. The van der Waals surface area contributed by atoms with E-state index >= 15 is 0 Å². The summed E-state index contributed by atoms with van der Waals surface area (Å²) in [5.41, 5.74) is -0.228. The molecule has 88 valence electrons. The molecule has 2 aromatic rings. The van der Waals surface area contributed by atoms with Crippen LogP contribution in [0.25, 0.3) is 5.69 Å². The van der Waals surface area contributed by atoms with E-state index in [9.17, 15) is 14.5 Å². The highest BCUT2D eigenvalue weighted by molar-refractivity contribution is 6.16. The number of alkyl halides is 1. The van der Waals surface area contributed by atoms with E-state index in [1.165, 1.54) is 0 Å². The molecule has 1 heterocycles. The number of nitro groups is 1. The van der Waals surface area contributed by atoms with Gasteiger partial charge in [-0.05, 0) is 10.4 Å². The van der Waals surface area contributed by atoms with Gasteiger partial charge in [-0.3, -0.25) is 10.1 Å². The standard InChI is InChI=1S/C8H5ClFN5O2/c9-4-8-11-12-13-14(8)6-1-5(10)2-7(3-6)15(16)17/h1-3H,4H2. The Bertz CT molecular complexity index is 573. The molecule has 9 heteroatoms. The third kappa shape index (κ3) is 2.21. The van der Waals surface area contributed by atoms with E-state index in [0.29, 0.717) is 0 Å². The predicted octanol–water partition coefficient (Wildman–Crippen LogP) is 1.45. The fraction of sp³-hybridized carbons (Fsp3) is 0.125. The Morgan fingerprint density at radius 3 is 2.88 bits per heavy atom. The second kappa shape index (κ2) is 4.42. The third-order valence-corrected chi connectivity index (χ3v) is 2.22. The highest BCUT2D eigenvalue weighted by Crippen LogP contribution is 2.19. The van der Waals surface area contributed by atoms with Crippen molar-refractivity contribution in [3.63, 3.8) is 0 Å². The lowest BCUT2D eigenvalue weighted by Crippen LogP contribution is -2.03. The first-order valence-corrected chi connectivity index (χ1v) is 4.94. The molecule has 0 aliphatic carbocycles. The Morgan fingerprint density at radius 2 is 2.24 bits per heavy atom. The second-order valence-electron chi connectivity index (χ2n) is 3.07. The summed E-state index contributed by atoms with van der Waals surface area (Å²) >= 11 is 5.57. The largest absolute Gasteiger partial charge is 0.274 e. The summed E-state index contributed by atoms with van der Waals surface area (Å²) in [6.45, 7) is 0. The first-order valence-electron chi connectivity index (χ1n) is 4.40. The number of rotatable bonds is 3. The van der Waals surface area contributed by atoms with Gasteiger partial charge < -0.3 is 0 Å². The molecular weight excluding hydrogens is 253 g/mol. The molecule has 0 saturated carbocycles. The molecule has 2 rings (SSSR count). The molecule has 0 radical (unpaired) electrons. The van der Waals surface area contributed by atoms with Crippen molar-refractivity contribution in [1.82, 2.24) is 20.2 Å². The first-order chi connectivity index (χ1) is 8.11. The van der Waals surface area contributed by atoms with Crippen molar-refractivity contribution in [2.24, 2.45) is 0 Å². The first kappa shape index (κ1) is 11.4. The highest BCUT2D eigenvalue weighted by Gasteiger charge is 2.14. The Hall–Kier alpha value is -2.09. The van der Waals surface area contributed by atoms with Crippen molar-refractivity contribution in [2.75, 3.05) is 0 Å². The topological polar surface area (TPSA) is 86.7 Å². The van der Waals surface area contributed by atoms with Crippen LogP contribution in [0.4, 0.5) is 10.1 Å². The van der Waals surface area contributed by atoms with Crippen LogP contribution in [0.2, 0.25) is 0 Å². The fourth-order valence-corrected chi connectivity index (χ4v) is 1.44. The molecule has 0 aliphatic heterocycles. The van der Waals surface area contributed by atoms with Crippen LogP contribution in [-0.4, -0.2) is 25.1 Å². The summed E-state index contributed by atoms with van der Waals surface area (Å²) < 4.78 is 14.3. The summed E-state index contributed by atoms with van der Waals surface area (Å²) in [6, 6.07) is 3.06. The van der Waals surface area contributed by atoms with Gasteiger partial charge >= 0.3 is 0 Å². The van der Waals surface area contributed by atoms with Gasteiger partial charge in [-0.2, -0.15) is 4.68 Å². The monoisotopic (exact) mass is 257 g/mol. The number of nitrogens with zero attached hydrogens (tertiary/aromatic N) is 5. The Balaban J connectivity index is 2.56. The molecule has 0 fully saturated rings. The van der Waals surface area contributed by atoms with E-state index < -0.39 is 10.7 Å². The third-order valence-electron chi connectivity index (χ3n) is 1.98. The molecule has 17 heavy (non-hydrogen) atoms. The van der Waals surface area contributed by atoms with E-state index in [-0.39, 0.29) is 23.1 Å². The highest BCUT2D eigenvalue weighted by atomic mass is 35.5. The van der Waals surface area contributed by atoms with Crippen LogP contribution in [0, 0.1) is 15.9 Å². The SMILES string of the molecule is O=[N+]([O-])c1cc(F)cc(-n2nnnc2CCl)c1. The minimum Gasteiger partial charge on any atom is -0.258 e. The van der Waals surface area contributed by atoms with Crippen LogP contribution in [-0.2, 0) is 5.88 Å². The summed E-state index contributed by atoms with van der Waals surface area (Å²) in [7, 11) is 0. The number of benzene rings is 1. The van der Waals surface area contributed by atoms with Gasteiger partial charge in [-0.1, -0.05) is 0 Å². The second-order valence-corrected chi connectivity index (χ2v) is 3.33. The molecule has 1 aromatic heterocycles. The van der Waals surface area contributed by atoms with Gasteiger partial charge in [0.15, 0.2) is 5.82 Å². The number of tetrazole rings is 1. The van der Waals surface area contributed by atoms with Crippen molar-refractivity contribution in [3.05, 3.63) is 40.0 Å². The normalized spacial score (nSPS) is 10.5. The van der Waals surface area contributed by atoms with E-state index in [1.54, 1.807) is 0 Å². The number of non-ortho nitro benzene ring substituents is 1. The zero-order chi connectivity index (χ0) is 12.4. The molecule has 1 aromatic carbocycles. The summed E-state index contributed by atoms with van der Waals surface area (Å²) in [4.78, 5) is 9.88. The fourth-order valence-electron chi connectivity index (χ4n) is 1.28. The van der Waals surface area contributed by atoms with E-state index in [0.717, 1.165) is 22.9 Å². The van der Waals surface area contributed by atoms with Crippen LogP contribution in [0.5, 0.6) is 0 Å². The quantitative estimate of drug-likeness (QED) is 0.472. The van der Waals surface area contributed by atoms with Gasteiger partial charge in [0.2, 0.25) is 0 Å². The molecule has 0 N–H and O–H groups in total. The molecule has 0 atom stereocenters. The lowest BCUT2D eigenvalue weighted by Gasteiger charge is -2.02. The van der Waals surface area contributed by atoms with Crippen molar-refractivity contribution < 1.29 is 9.31 Å². The van der Waals surface area contributed by atoms with Gasteiger partial charge in [0.1, 0.15) is 5.82 Å². The van der Waals surface area contributed by atoms with E-state index in [2.05, 4.69) is 15.5 Å². The predicted molar refractivity (Wildman–Crippen MR) is 55.3 cm³/mol. The summed E-state index contributed by atoms with van der Waals surface area (Å²) in [6.07, 6.45) is 0. The zero-order valence-electron chi connectivity index (χ0n) is 8.25. The average molecular weight is 258 g/mol. The van der Waals surface area contributed by atoms with Gasteiger partial charge in [0.25, 0.3) is 5.69 Å². The molecule has 0 saturated heterocycles. The van der Waals surface area contributed by atoms with Crippen LogP contribution < -0.4 is 0 Å². The number of halogens is 2. The average Bonchev–Trinajstić information content (AvgIpc) is 2.76. The Labute approximate surface area is 99.0 Å². The van der Waals surface area contributed by atoms with Crippen molar-refractivity contribution in [1.29, 1.82) is 0 Å². The lowest BCUT2D eigenvalue weighted by molar-refractivity contribution is -0.385. The molecule has 0 unspecified atom stereocenters.